The summed E-state index contributed by atoms with van der Waals surface area (Å²) < 4.78 is 10.8. The fourth-order valence-electron chi connectivity index (χ4n) is 5.24. The van der Waals surface area contributed by atoms with Gasteiger partial charge >= 0.3 is 0 Å². The first-order valence-corrected chi connectivity index (χ1v) is 13.8. The van der Waals surface area contributed by atoms with Crippen LogP contribution in [0.5, 0.6) is 11.5 Å². The second kappa shape index (κ2) is 12.0. The van der Waals surface area contributed by atoms with E-state index in [1.54, 1.807) is 12.1 Å². The van der Waals surface area contributed by atoms with Gasteiger partial charge in [-0.25, -0.2) is 0 Å². The van der Waals surface area contributed by atoms with Crippen molar-refractivity contribution in [3.8, 4) is 11.5 Å². The lowest BCUT2D eigenvalue weighted by molar-refractivity contribution is -0.114. The molecule has 0 saturated heterocycles. The first kappa shape index (κ1) is 28.3. The molecule has 0 unspecified atom stereocenters. The molecular weight excluding hydrogens is 488 g/mol. The van der Waals surface area contributed by atoms with Gasteiger partial charge in [0.05, 0.1) is 11.1 Å². The summed E-state index contributed by atoms with van der Waals surface area (Å²) in [5.74, 6) is 1.97. The topological polar surface area (TPSA) is 69.7 Å². The Balaban J connectivity index is 0.000000149. The Morgan fingerprint density at radius 3 is 1.87 bits per heavy atom. The average molecular weight is 527 g/mol. The van der Waals surface area contributed by atoms with Gasteiger partial charge in [-0.15, -0.1) is 0 Å². The number of rotatable bonds is 2. The van der Waals surface area contributed by atoms with Gasteiger partial charge in [-0.2, -0.15) is 0 Å². The number of para-hydroxylation sites is 2. The van der Waals surface area contributed by atoms with E-state index in [1.807, 2.05) is 56.3 Å². The molecule has 0 fully saturated rings. The summed E-state index contributed by atoms with van der Waals surface area (Å²) in [5.41, 5.74) is 3.77. The smallest absolute Gasteiger partial charge is 0.231 e. The summed E-state index contributed by atoms with van der Waals surface area (Å²) in [4.78, 5) is 33.9. The Hall–Kier alpha value is -3.73. The van der Waals surface area contributed by atoms with Crippen LogP contribution in [0.25, 0.3) is 0 Å². The Kier molecular flexibility index (Phi) is 8.69. The zero-order valence-electron chi connectivity index (χ0n) is 23.4. The Morgan fingerprint density at radius 2 is 1.33 bits per heavy atom. The van der Waals surface area contributed by atoms with E-state index >= 15 is 0 Å². The van der Waals surface area contributed by atoms with Crippen molar-refractivity contribution in [2.75, 3.05) is 6.61 Å². The van der Waals surface area contributed by atoms with Gasteiger partial charge < -0.3 is 14.3 Å². The van der Waals surface area contributed by atoms with E-state index in [-0.39, 0.29) is 29.0 Å². The highest BCUT2D eigenvalue weighted by Crippen LogP contribution is 2.41. The monoisotopic (exact) mass is 526 g/mol. The summed E-state index contributed by atoms with van der Waals surface area (Å²) in [6, 6.07) is 14.7. The number of benzene rings is 2. The first-order valence-electron chi connectivity index (χ1n) is 13.8. The van der Waals surface area contributed by atoms with E-state index in [2.05, 4.69) is 26.0 Å². The molecule has 0 amide bonds. The Bertz CT molecular complexity index is 1350. The number of allylic oxidation sites excluding steroid dienone is 6. The molecular formula is C34H38O5. The van der Waals surface area contributed by atoms with Crippen LogP contribution in [-0.4, -0.2) is 24.5 Å². The van der Waals surface area contributed by atoms with Crippen LogP contribution in [0.4, 0.5) is 0 Å². The minimum Gasteiger partial charge on any atom is -0.485 e. The molecule has 0 bridgehead atoms. The zero-order valence-corrected chi connectivity index (χ0v) is 23.4. The molecule has 5 heteroatoms. The molecule has 204 valence electrons. The molecule has 6 rings (SSSR count). The molecule has 0 saturated carbocycles. The minimum absolute atomic E-state index is 0.00944. The minimum atomic E-state index is -0.141. The molecule has 0 radical (unpaired) electrons. The second-order valence-electron chi connectivity index (χ2n) is 11.2. The maximum absolute atomic E-state index is 12.3. The normalized spacial score (nSPS) is 25.9. The maximum Gasteiger partial charge on any atom is 0.231 e. The predicted molar refractivity (Wildman–Crippen MR) is 153 cm³/mol. The van der Waals surface area contributed by atoms with Gasteiger partial charge in [-0.1, -0.05) is 54.5 Å². The third-order valence-electron chi connectivity index (χ3n) is 8.33. The molecule has 0 spiro atoms. The summed E-state index contributed by atoms with van der Waals surface area (Å²) >= 11 is 0. The quantitative estimate of drug-likeness (QED) is 0.226. The van der Waals surface area contributed by atoms with Gasteiger partial charge in [0.15, 0.2) is 12.4 Å². The van der Waals surface area contributed by atoms with E-state index in [9.17, 15) is 14.4 Å². The fourth-order valence-corrected chi connectivity index (χ4v) is 5.24. The molecule has 2 aromatic carbocycles. The number of hydrogen-bond acceptors (Lipinski definition) is 5. The third-order valence-corrected chi connectivity index (χ3v) is 8.33. The van der Waals surface area contributed by atoms with Gasteiger partial charge in [0.2, 0.25) is 11.6 Å². The number of Topliss-reactive ketones (excluding diaryl/α,β-unsaturated/α-hetero) is 2. The van der Waals surface area contributed by atoms with Crippen molar-refractivity contribution < 1.29 is 23.9 Å². The van der Waals surface area contributed by atoms with Gasteiger partial charge in [-0.3, -0.25) is 9.59 Å². The largest absolute Gasteiger partial charge is 0.485 e. The van der Waals surface area contributed by atoms with Crippen LogP contribution >= 0.6 is 0 Å². The van der Waals surface area contributed by atoms with Crippen LogP contribution in [0.2, 0.25) is 0 Å². The lowest BCUT2D eigenvalue weighted by Gasteiger charge is -2.31. The van der Waals surface area contributed by atoms with Gasteiger partial charge in [0, 0.05) is 10.8 Å². The van der Waals surface area contributed by atoms with Crippen molar-refractivity contribution >= 4 is 17.9 Å². The van der Waals surface area contributed by atoms with Crippen molar-refractivity contribution in [3.63, 3.8) is 0 Å². The van der Waals surface area contributed by atoms with Crippen molar-refractivity contribution in [1.29, 1.82) is 0 Å². The van der Waals surface area contributed by atoms with Crippen molar-refractivity contribution in [1.82, 2.24) is 0 Å². The molecule has 0 N–H and O–H groups in total. The molecule has 39 heavy (non-hydrogen) atoms. The van der Waals surface area contributed by atoms with Crippen molar-refractivity contribution in [2.24, 2.45) is 10.8 Å². The number of ether oxygens (including phenoxy) is 2. The molecule has 2 heterocycles. The molecule has 5 nitrogen and oxygen atoms in total. The van der Waals surface area contributed by atoms with E-state index in [1.165, 1.54) is 17.6 Å². The van der Waals surface area contributed by atoms with E-state index in [4.69, 9.17) is 9.47 Å². The van der Waals surface area contributed by atoms with E-state index < -0.39 is 0 Å². The number of carbonyl (C=O) groups excluding carboxylic acids is 3. The maximum atomic E-state index is 12.3. The molecule has 4 aliphatic rings. The van der Waals surface area contributed by atoms with Crippen LogP contribution in [0.3, 0.4) is 0 Å². The predicted octanol–water partition coefficient (Wildman–Crippen LogP) is 7.87. The highest BCUT2D eigenvalue weighted by Gasteiger charge is 2.33. The highest BCUT2D eigenvalue weighted by atomic mass is 16.5. The first-order chi connectivity index (χ1) is 18.7. The van der Waals surface area contributed by atoms with E-state index in [0.717, 1.165) is 38.4 Å². The number of ketones is 2. The van der Waals surface area contributed by atoms with E-state index in [0.29, 0.717) is 28.4 Å². The molecule has 2 aliphatic carbocycles. The van der Waals surface area contributed by atoms with Crippen LogP contribution in [0.1, 0.15) is 86.9 Å². The standard InChI is InChI=1S/C17H18O2.C9H14O.C8H6O2/c1-12-7-5-6-10-17(12,2)11-15-16(18)13-8-3-4-9-14(13)19-15;1-8-5-3-4-6-9(8,2)7-10;9-7-5-10-8-4-2-1-3-6(7)8/h3-4,7-9,11H,5-6,10H2,1-2H3;5,7H,3-4,6H2,1-2H3;1-4H,5H2/b15-11-;;/t17-;9-;/m00./s1. The lowest BCUT2D eigenvalue weighted by atomic mass is 9.74. The molecule has 2 aliphatic heterocycles. The summed E-state index contributed by atoms with van der Waals surface area (Å²) in [6.45, 7) is 8.60. The highest BCUT2D eigenvalue weighted by molar-refractivity contribution is 6.12. The zero-order chi connectivity index (χ0) is 28.0. The SMILES string of the molecule is CC1=CCCC[C@@]1(C)/C=C1\Oc2ccccc2C1=O.CC1=CCCC[C@@]1(C)C=O.O=C1COc2ccccc21. The molecule has 2 aromatic rings. The number of carbonyl (C=O) groups is 3. The summed E-state index contributed by atoms with van der Waals surface area (Å²) in [7, 11) is 0. The summed E-state index contributed by atoms with van der Waals surface area (Å²) in [6.07, 6.45) is 14.3. The van der Waals surface area contributed by atoms with Gasteiger partial charge in [0.1, 0.15) is 17.8 Å². The number of hydrogen-bond donors (Lipinski definition) is 0. The number of aldehydes is 1. The molecule has 2 atom stereocenters. The second-order valence-corrected chi connectivity index (χ2v) is 11.2. The lowest BCUT2D eigenvalue weighted by Crippen LogP contribution is -2.22. The Labute approximate surface area is 231 Å². The van der Waals surface area contributed by atoms with Crippen LogP contribution in [-0.2, 0) is 4.79 Å². The molecule has 0 aromatic heterocycles. The van der Waals surface area contributed by atoms with Gasteiger partial charge in [-0.05, 0) is 89.6 Å². The van der Waals surface area contributed by atoms with Gasteiger partial charge in [0.25, 0.3) is 0 Å². The Morgan fingerprint density at radius 1 is 0.769 bits per heavy atom. The van der Waals surface area contributed by atoms with Crippen molar-refractivity contribution in [3.05, 3.63) is 94.8 Å². The van der Waals surface area contributed by atoms with Crippen LogP contribution in [0, 0.1) is 10.8 Å². The van der Waals surface area contributed by atoms with Crippen molar-refractivity contribution in [2.45, 2.75) is 66.2 Å². The third kappa shape index (κ3) is 6.30. The number of fused-ring (bicyclic) bond motifs is 2. The summed E-state index contributed by atoms with van der Waals surface area (Å²) in [5, 5.41) is 0. The average Bonchev–Trinajstić information content (AvgIpc) is 3.48. The van der Waals surface area contributed by atoms with Crippen LogP contribution in [0.15, 0.2) is 83.7 Å². The van der Waals surface area contributed by atoms with Crippen LogP contribution < -0.4 is 9.47 Å². The fraction of sp³-hybridized carbons (Fsp3) is 0.382.